The average molecular weight is 340 g/mol. The molecule has 2 nitrogen and oxygen atoms in total. The fourth-order valence-electron chi connectivity index (χ4n) is 2.45. The smallest absolute Gasteiger partial charge is 0.123 e. The van der Waals surface area contributed by atoms with E-state index in [2.05, 4.69) is 53.7 Å². The van der Waals surface area contributed by atoms with Crippen LogP contribution in [0.5, 0.6) is 5.75 Å². The van der Waals surface area contributed by atoms with E-state index in [1.165, 1.54) is 0 Å². The van der Waals surface area contributed by atoms with Crippen LogP contribution in [0.2, 0.25) is 0 Å². The summed E-state index contributed by atoms with van der Waals surface area (Å²) in [6.07, 6.45) is 0. The zero-order valence-electron chi connectivity index (χ0n) is 15.1. The van der Waals surface area contributed by atoms with Gasteiger partial charge in [-0.15, -0.1) is 0 Å². The van der Waals surface area contributed by atoms with E-state index in [0.717, 1.165) is 23.2 Å². The maximum absolute atomic E-state index is 10.7. The standard InChI is InChI=1S/C18H29NOS2/c1-17(2,3)13-9-12(11-19(7,8)16(21)22)10-14(15(13)20)18(4,5)6/h9-10H,11H2,1-8H3,(H-,20,21,22). The number of nitrogens with zero attached hydrogens (tertiary/aromatic N) is 1. The molecule has 0 saturated heterocycles. The maximum atomic E-state index is 10.7. The summed E-state index contributed by atoms with van der Waals surface area (Å²) in [7, 11) is 4.05. The Bertz CT molecular complexity index is 543. The lowest BCUT2D eigenvalue weighted by Crippen LogP contribution is -2.42. The predicted molar refractivity (Wildman–Crippen MR) is 101 cm³/mol. The van der Waals surface area contributed by atoms with Crippen LogP contribution in [0.1, 0.15) is 58.2 Å². The number of benzene rings is 1. The fourth-order valence-corrected chi connectivity index (χ4v) is 2.58. The number of thiocarbonyl (C=S) groups is 1. The van der Waals surface area contributed by atoms with Gasteiger partial charge in [0.15, 0.2) is 0 Å². The highest BCUT2D eigenvalue weighted by molar-refractivity contribution is 7.99. The molecular weight excluding hydrogens is 310 g/mol. The number of aromatic hydroxyl groups is 1. The van der Waals surface area contributed by atoms with E-state index < -0.39 is 0 Å². The minimum Gasteiger partial charge on any atom is -0.507 e. The molecule has 0 spiro atoms. The first-order chi connectivity index (χ1) is 9.66. The van der Waals surface area contributed by atoms with Gasteiger partial charge in [-0.25, -0.2) is 0 Å². The Morgan fingerprint density at radius 2 is 1.41 bits per heavy atom. The molecular formula is C18H29NOS2. The largest absolute Gasteiger partial charge is 0.507 e. The summed E-state index contributed by atoms with van der Waals surface area (Å²) >= 11 is 10.4. The highest BCUT2D eigenvalue weighted by Gasteiger charge is 2.28. The lowest BCUT2D eigenvalue weighted by Gasteiger charge is -2.34. The van der Waals surface area contributed by atoms with Crippen molar-refractivity contribution in [3.63, 3.8) is 0 Å². The highest BCUT2D eigenvalue weighted by Crippen LogP contribution is 2.40. The molecule has 0 radical (unpaired) electrons. The molecule has 0 bridgehead atoms. The Kier molecular flexibility index (Phi) is 5.33. The number of hydrogen-bond donors (Lipinski definition) is 1. The first kappa shape index (κ1) is 19.3. The van der Waals surface area contributed by atoms with Gasteiger partial charge in [0.05, 0.1) is 14.1 Å². The van der Waals surface area contributed by atoms with E-state index in [0.29, 0.717) is 14.6 Å². The molecule has 22 heavy (non-hydrogen) atoms. The summed E-state index contributed by atoms with van der Waals surface area (Å²) in [6.45, 7) is 13.5. The van der Waals surface area contributed by atoms with Crippen LogP contribution >= 0.6 is 12.2 Å². The first-order valence-corrected chi connectivity index (χ1v) is 8.39. The Labute approximate surface area is 146 Å². The number of rotatable bonds is 2. The predicted octanol–water partition coefficient (Wildman–Crippen LogP) is 4.40. The minimum absolute atomic E-state index is 0.119. The van der Waals surface area contributed by atoms with Crippen LogP contribution in [-0.2, 0) is 30.0 Å². The van der Waals surface area contributed by atoms with Crippen molar-refractivity contribution < 1.29 is 9.59 Å². The third-order valence-electron chi connectivity index (χ3n) is 3.86. The van der Waals surface area contributed by atoms with Crippen LogP contribution in [-0.4, -0.2) is 28.0 Å². The number of phenolic OH excluding ortho intramolecular Hbond substituents is 1. The third kappa shape index (κ3) is 4.40. The normalized spacial score (nSPS) is 13.3. The molecule has 0 aromatic heterocycles. The van der Waals surface area contributed by atoms with Crippen LogP contribution < -0.4 is 0 Å². The molecule has 0 amide bonds. The molecule has 0 saturated carbocycles. The van der Waals surface area contributed by atoms with Crippen LogP contribution in [0, 0.1) is 0 Å². The molecule has 4 heteroatoms. The van der Waals surface area contributed by atoms with Crippen molar-refractivity contribution >= 4 is 29.2 Å². The van der Waals surface area contributed by atoms with Crippen LogP contribution in [0.4, 0.5) is 0 Å². The van der Waals surface area contributed by atoms with Crippen LogP contribution in [0.3, 0.4) is 0 Å². The molecule has 124 valence electrons. The Morgan fingerprint density at radius 1 is 1.05 bits per heavy atom. The second-order valence-corrected chi connectivity index (χ2v) is 9.68. The molecule has 1 aromatic carbocycles. The van der Waals surface area contributed by atoms with Crippen molar-refractivity contribution in [2.75, 3.05) is 14.1 Å². The van der Waals surface area contributed by atoms with Gasteiger partial charge in [0.1, 0.15) is 12.3 Å². The van der Waals surface area contributed by atoms with Crippen molar-refractivity contribution in [3.05, 3.63) is 28.8 Å². The van der Waals surface area contributed by atoms with E-state index in [4.69, 9.17) is 24.8 Å². The van der Waals surface area contributed by atoms with Gasteiger partial charge in [0, 0.05) is 21.0 Å². The van der Waals surface area contributed by atoms with Crippen LogP contribution in [0.25, 0.3) is 0 Å². The van der Waals surface area contributed by atoms with Crippen molar-refractivity contribution in [1.29, 1.82) is 0 Å². The molecule has 0 aliphatic carbocycles. The van der Waals surface area contributed by atoms with E-state index >= 15 is 0 Å². The maximum Gasteiger partial charge on any atom is 0.123 e. The molecule has 0 heterocycles. The summed E-state index contributed by atoms with van der Waals surface area (Å²) < 4.78 is 1.03. The molecule has 0 aliphatic rings. The topological polar surface area (TPSA) is 20.2 Å². The zero-order valence-corrected chi connectivity index (χ0v) is 16.7. The van der Waals surface area contributed by atoms with Crippen molar-refractivity contribution in [3.8, 4) is 5.75 Å². The van der Waals surface area contributed by atoms with Gasteiger partial charge in [0.2, 0.25) is 0 Å². The van der Waals surface area contributed by atoms with E-state index in [1.54, 1.807) is 0 Å². The highest BCUT2D eigenvalue weighted by atomic mass is 32.1. The van der Waals surface area contributed by atoms with Crippen molar-refractivity contribution in [1.82, 2.24) is 0 Å². The van der Waals surface area contributed by atoms with Crippen LogP contribution in [0.15, 0.2) is 12.1 Å². The van der Waals surface area contributed by atoms with Gasteiger partial charge >= 0.3 is 0 Å². The molecule has 0 fully saturated rings. The Balaban J connectivity index is 3.52. The first-order valence-electron chi connectivity index (χ1n) is 7.57. The number of phenols is 1. The Morgan fingerprint density at radius 3 is 1.68 bits per heavy atom. The summed E-state index contributed by atoms with van der Waals surface area (Å²) in [6, 6.07) is 4.19. The fraction of sp³-hybridized carbons (Fsp3) is 0.611. The zero-order chi connectivity index (χ0) is 17.5. The van der Waals surface area contributed by atoms with E-state index in [9.17, 15) is 5.11 Å². The lowest BCUT2D eigenvalue weighted by molar-refractivity contribution is -0.807. The average Bonchev–Trinajstić information content (AvgIpc) is 2.27. The van der Waals surface area contributed by atoms with E-state index in [1.807, 2.05) is 14.1 Å². The third-order valence-corrected chi connectivity index (χ3v) is 4.85. The van der Waals surface area contributed by atoms with Gasteiger partial charge in [-0.2, -0.15) is 0 Å². The van der Waals surface area contributed by atoms with Crippen molar-refractivity contribution in [2.24, 2.45) is 0 Å². The lowest BCUT2D eigenvalue weighted by atomic mass is 9.78. The molecule has 1 rings (SSSR count). The molecule has 0 unspecified atom stereocenters. The monoisotopic (exact) mass is 339 g/mol. The molecule has 0 atom stereocenters. The molecule has 0 aliphatic heterocycles. The second-order valence-electron chi connectivity index (χ2n) is 8.65. The van der Waals surface area contributed by atoms with Gasteiger partial charge in [0.25, 0.3) is 0 Å². The summed E-state index contributed by atoms with van der Waals surface area (Å²) in [4.78, 5) is 0. The van der Waals surface area contributed by atoms with Gasteiger partial charge in [-0.3, -0.25) is 0 Å². The summed E-state index contributed by atoms with van der Waals surface area (Å²) in [5.41, 5.74) is 2.87. The van der Waals surface area contributed by atoms with Gasteiger partial charge in [-0.05, 0) is 23.0 Å². The second kappa shape index (κ2) is 6.06. The molecule has 1 aromatic rings. The van der Waals surface area contributed by atoms with E-state index in [-0.39, 0.29) is 10.8 Å². The number of quaternary nitrogens is 1. The summed E-state index contributed by atoms with van der Waals surface area (Å²) in [5, 5.41) is 10.7. The quantitative estimate of drug-likeness (QED) is 0.490. The number of hydrogen-bond acceptors (Lipinski definition) is 3. The van der Waals surface area contributed by atoms with Crippen molar-refractivity contribution in [2.45, 2.75) is 58.9 Å². The molecule has 1 N–H and O–H groups in total. The van der Waals surface area contributed by atoms with Gasteiger partial charge < -0.3 is 34.4 Å². The Hall–Kier alpha value is -0.710. The SMILES string of the molecule is CC(C)(C)c1cc(C[N+](C)(C)C(=S)[S-])cc(C(C)(C)C)c1O. The van der Waals surface area contributed by atoms with Gasteiger partial charge in [-0.1, -0.05) is 41.5 Å². The summed E-state index contributed by atoms with van der Waals surface area (Å²) in [5.74, 6) is 0.412. The minimum atomic E-state index is -0.119.